The van der Waals surface area contributed by atoms with Crippen LogP contribution in [0.4, 0.5) is 18.9 Å². The molecule has 1 N–H and O–H groups in total. The molecule has 0 bridgehead atoms. The van der Waals surface area contributed by atoms with Crippen molar-refractivity contribution in [2.45, 2.75) is 45.5 Å². The second-order valence-electron chi connectivity index (χ2n) is 5.31. The Kier molecular flexibility index (Phi) is 4.58. The molecule has 2 rings (SSSR count). The molecule has 1 fully saturated rings. The van der Waals surface area contributed by atoms with Crippen LogP contribution in [0.5, 0.6) is 0 Å². The van der Waals surface area contributed by atoms with E-state index in [0.717, 1.165) is 19.4 Å². The van der Waals surface area contributed by atoms with Crippen molar-refractivity contribution in [1.29, 1.82) is 0 Å². The van der Waals surface area contributed by atoms with Crippen LogP contribution in [0.25, 0.3) is 0 Å². The Hall–Kier alpha value is -1.23. The lowest BCUT2D eigenvalue weighted by atomic mass is 10.1. The van der Waals surface area contributed by atoms with Crippen LogP contribution in [-0.2, 0) is 12.7 Å². The van der Waals surface area contributed by atoms with Gasteiger partial charge >= 0.3 is 6.18 Å². The zero-order valence-corrected chi connectivity index (χ0v) is 11.9. The van der Waals surface area contributed by atoms with E-state index in [9.17, 15) is 13.2 Å². The fraction of sp³-hybridized carbons (Fsp3) is 0.600. The Morgan fingerprint density at radius 3 is 2.65 bits per heavy atom. The van der Waals surface area contributed by atoms with Gasteiger partial charge in [-0.25, -0.2) is 0 Å². The summed E-state index contributed by atoms with van der Waals surface area (Å²) in [5.41, 5.74) is 0.485. The minimum Gasteiger partial charge on any atom is -0.368 e. The Balaban J connectivity index is 2.35. The molecule has 1 aromatic rings. The van der Waals surface area contributed by atoms with Crippen LogP contribution in [0, 0.1) is 0 Å². The van der Waals surface area contributed by atoms with Crippen molar-refractivity contribution in [3.05, 3.63) is 29.3 Å². The van der Waals surface area contributed by atoms with Gasteiger partial charge in [-0.15, -0.1) is 0 Å². The number of halogens is 3. The second kappa shape index (κ2) is 6.04. The summed E-state index contributed by atoms with van der Waals surface area (Å²) in [6.45, 7) is 5.84. The molecule has 0 saturated carbocycles. The second-order valence-corrected chi connectivity index (χ2v) is 5.31. The van der Waals surface area contributed by atoms with Crippen molar-refractivity contribution in [1.82, 2.24) is 5.32 Å². The minimum absolute atomic E-state index is 0.177. The van der Waals surface area contributed by atoms with Crippen LogP contribution >= 0.6 is 0 Å². The number of benzene rings is 1. The van der Waals surface area contributed by atoms with E-state index in [2.05, 4.69) is 5.32 Å². The molecule has 5 heteroatoms. The summed E-state index contributed by atoms with van der Waals surface area (Å²) in [6, 6.07) is 4.87. The SMILES string of the molecule is CCNCc1ccc(N2CCCC2C)c(C(F)(F)F)c1. The van der Waals surface area contributed by atoms with E-state index in [1.54, 1.807) is 12.1 Å². The van der Waals surface area contributed by atoms with E-state index in [0.29, 0.717) is 24.3 Å². The van der Waals surface area contributed by atoms with Gasteiger partial charge in [0, 0.05) is 24.8 Å². The number of nitrogens with one attached hydrogen (secondary N) is 1. The van der Waals surface area contributed by atoms with Gasteiger partial charge in [0.15, 0.2) is 0 Å². The fourth-order valence-electron chi connectivity index (χ4n) is 2.73. The Labute approximate surface area is 118 Å². The van der Waals surface area contributed by atoms with Crippen LogP contribution in [0.15, 0.2) is 18.2 Å². The van der Waals surface area contributed by atoms with Gasteiger partial charge in [-0.2, -0.15) is 13.2 Å². The molecule has 112 valence electrons. The van der Waals surface area contributed by atoms with E-state index >= 15 is 0 Å². The highest BCUT2D eigenvalue weighted by molar-refractivity contribution is 5.57. The maximum atomic E-state index is 13.3. The third-order valence-corrected chi connectivity index (χ3v) is 3.81. The van der Waals surface area contributed by atoms with Crippen LogP contribution in [0.3, 0.4) is 0 Å². The van der Waals surface area contributed by atoms with Gasteiger partial charge < -0.3 is 10.2 Å². The molecule has 1 atom stereocenters. The quantitative estimate of drug-likeness (QED) is 0.905. The van der Waals surface area contributed by atoms with Gasteiger partial charge in [-0.1, -0.05) is 13.0 Å². The molecule has 1 unspecified atom stereocenters. The molecular weight excluding hydrogens is 265 g/mol. The van der Waals surface area contributed by atoms with Crippen LogP contribution in [0.1, 0.15) is 37.8 Å². The molecule has 0 amide bonds. The van der Waals surface area contributed by atoms with E-state index < -0.39 is 11.7 Å². The topological polar surface area (TPSA) is 15.3 Å². The van der Waals surface area contributed by atoms with Gasteiger partial charge in [0.2, 0.25) is 0 Å². The number of alkyl halides is 3. The van der Waals surface area contributed by atoms with Crippen molar-refractivity contribution in [2.75, 3.05) is 18.0 Å². The van der Waals surface area contributed by atoms with Crippen molar-refractivity contribution >= 4 is 5.69 Å². The highest BCUT2D eigenvalue weighted by atomic mass is 19.4. The number of hydrogen-bond acceptors (Lipinski definition) is 2. The predicted molar refractivity (Wildman–Crippen MR) is 74.9 cm³/mol. The zero-order chi connectivity index (χ0) is 14.8. The summed E-state index contributed by atoms with van der Waals surface area (Å²) in [5, 5.41) is 3.06. The number of nitrogens with zero attached hydrogens (tertiary/aromatic N) is 1. The van der Waals surface area contributed by atoms with Gasteiger partial charge in [0.1, 0.15) is 0 Å². The summed E-state index contributed by atoms with van der Waals surface area (Å²) >= 11 is 0. The standard InChI is InChI=1S/C15H21F3N2/c1-3-19-10-12-6-7-14(13(9-12)15(16,17)18)20-8-4-5-11(20)2/h6-7,9,11,19H,3-5,8,10H2,1-2H3. The van der Waals surface area contributed by atoms with Gasteiger partial charge in [0.25, 0.3) is 0 Å². The molecule has 2 nitrogen and oxygen atoms in total. The summed E-state index contributed by atoms with van der Waals surface area (Å²) in [4.78, 5) is 1.87. The third kappa shape index (κ3) is 3.26. The molecule has 20 heavy (non-hydrogen) atoms. The van der Waals surface area contributed by atoms with E-state index in [1.165, 1.54) is 6.07 Å². The molecule has 1 aliphatic rings. The lowest BCUT2D eigenvalue weighted by molar-refractivity contribution is -0.137. The molecule has 1 saturated heterocycles. The van der Waals surface area contributed by atoms with Crippen LogP contribution in [-0.4, -0.2) is 19.1 Å². The Bertz CT molecular complexity index is 457. The van der Waals surface area contributed by atoms with Crippen molar-refractivity contribution in [3.63, 3.8) is 0 Å². The molecule has 0 radical (unpaired) electrons. The van der Waals surface area contributed by atoms with E-state index in [1.807, 2.05) is 18.7 Å². The normalized spacial score (nSPS) is 19.6. The maximum Gasteiger partial charge on any atom is 0.418 e. The van der Waals surface area contributed by atoms with Crippen LogP contribution < -0.4 is 10.2 Å². The predicted octanol–water partition coefficient (Wildman–Crippen LogP) is 3.80. The van der Waals surface area contributed by atoms with Crippen molar-refractivity contribution in [3.8, 4) is 0 Å². The summed E-state index contributed by atoms with van der Waals surface area (Å²) < 4.78 is 39.9. The first-order valence-corrected chi connectivity index (χ1v) is 7.11. The largest absolute Gasteiger partial charge is 0.418 e. The average molecular weight is 286 g/mol. The summed E-state index contributed by atoms with van der Waals surface area (Å²) in [7, 11) is 0. The Morgan fingerprint density at radius 1 is 1.35 bits per heavy atom. The lowest BCUT2D eigenvalue weighted by Crippen LogP contribution is -2.29. The van der Waals surface area contributed by atoms with Crippen molar-refractivity contribution in [2.24, 2.45) is 0 Å². The lowest BCUT2D eigenvalue weighted by Gasteiger charge is -2.27. The highest BCUT2D eigenvalue weighted by Gasteiger charge is 2.36. The van der Waals surface area contributed by atoms with Crippen molar-refractivity contribution < 1.29 is 13.2 Å². The minimum atomic E-state index is -4.31. The number of anilines is 1. The van der Waals surface area contributed by atoms with E-state index in [-0.39, 0.29) is 6.04 Å². The smallest absolute Gasteiger partial charge is 0.368 e. The first-order chi connectivity index (χ1) is 9.43. The molecule has 0 aromatic heterocycles. The monoisotopic (exact) mass is 286 g/mol. The third-order valence-electron chi connectivity index (χ3n) is 3.81. The molecule has 1 heterocycles. The molecule has 1 aromatic carbocycles. The van der Waals surface area contributed by atoms with Gasteiger partial charge in [-0.3, -0.25) is 0 Å². The molecule has 0 spiro atoms. The highest BCUT2D eigenvalue weighted by Crippen LogP contribution is 2.39. The molecular formula is C15H21F3N2. The maximum absolute atomic E-state index is 13.3. The summed E-state index contributed by atoms with van der Waals surface area (Å²) in [5.74, 6) is 0. The number of rotatable bonds is 4. The molecule has 0 aliphatic carbocycles. The van der Waals surface area contributed by atoms with E-state index in [4.69, 9.17) is 0 Å². The first-order valence-electron chi connectivity index (χ1n) is 7.11. The average Bonchev–Trinajstić information content (AvgIpc) is 2.81. The van der Waals surface area contributed by atoms with Gasteiger partial charge in [0.05, 0.1) is 5.56 Å². The Morgan fingerprint density at radius 2 is 2.10 bits per heavy atom. The zero-order valence-electron chi connectivity index (χ0n) is 11.9. The molecule has 1 aliphatic heterocycles. The summed E-state index contributed by atoms with van der Waals surface area (Å²) in [6.07, 6.45) is -2.39. The number of hydrogen-bond donors (Lipinski definition) is 1. The van der Waals surface area contributed by atoms with Crippen LogP contribution in [0.2, 0.25) is 0 Å². The fourth-order valence-corrected chi connectivity index (χ4v) is 2.73. The first kappa shape index (κ1) is 15.2. The van der Waals surface area contributed by atoms with Gasteiger partial charge in [-0.05, 0) is 44.0 Å².